The molecule has 5 heteroatoms. The van der Waals surface area contributed by atoms with Gasteiger partial charge in [0.25, 0.3) is 5.69 Å². The Morgan fingerprint density at radius 1 is 1.33 bits per heavy atom. The molecule has 92 valence electrons. The fraction of sp³-hybridized carbons (Fsp3) is 0.154. The van der Waals surface area contributed by atoms with Gasteiger partial charge in [-0.2, -0.15) is 0 Å². The van der Waals surface area contributed by atoms with Gasteiger partial charge < -0.3 is 5.32 Å². The molecule has 0 aliphatic heterocycles. The third-order valence-corrected chi connectivity index (χ3v) is 2.68. The van der Waals surface area contributed by atoms with Crippen molar-refractivity contribution in [2.75, 3.05) is 5.32 Å². The number of rotatable bonds is 4. The Kier molecular flexibility index (Phi) is 3.52. The van der Waals surface area contributed by atoms with E-state index in [-0.39, 0.29) is 5.69 Å². The number of anilines is 1. The summed E-state index contributed by atoms with van der Waals surface area (Å²) in [6.45, 7) is 2.62. The molecule has 0 radical (unpaired) electrons. The summed E-state index contributed by atoms with van der Waals surface area (Å²) in [5.74, 6) is 0.507. The van der Waals surface area contributed by atoms with Gasteiger partial charge in [-0.15, -0.1) is 0 Å². The normalized spacial score (nSPS) is 10.1. The van der Waals surface area contributed by atoms with Crippen molar-refractivity contribution in [1.82, 2.24) is 4.98 Å². The van der Waals surface area contributed by atoms with Gasteiger partial charge in [-0.25, -0.2) is 4.98 Å². The van der Waals surface area contributed by atoms with Gasteiger partial charge in [0.15, 0.2) is 0 Å². The van der Waals surface area contributed by atoms with Crippen LogP contribution in [-0.4, -0.2) is 9.91 Å². The lowest BCUT2D eigenvalue weighted by Gasteiger charge is -2.07. The van der Waals surface area contributed by atoms with Gasteiger partial charge >= 0.3 is 0 Å². The van der Waals surface area contributed by atoms with Crippen LogP contribution in [0.2, 0.25) is 0 Å². The van der Waals surface area contributed by atoms with E-state index in [0.717, 1.165) is 5.56 Å². The maximum absolute atomic E-state index is 10.6. The van der Waals surface area contributed by atoms with Gasteiger partial charge in [0, 0.05) is 18.8 Å². The van der Waals surface area contributed by atoms with Crippen LogP contribution >= 0.6 is 0 Å². The molecule has 0 amide bonds. The van der Waals surface area contributed by atoms with E-state index in [4.69, 9.17) is 0 Å². The van der Waals surface area contributed by atoms with Crippen molar-refractivity contribution in [3.8, 4) is 0 Å². The summed E-state index contributed by atoms with van der Waals surface area (Å²) in [6.07, 6.45) is 1.43. The average molecular weight is 243 g/mol. The lowest BCUT2D eigenvalue weighted by atomic mass is 10.1. The molecule has 0 aliphatic rings. The smallest absolute Gasteiger partial charge is 0.274 e. The molecule has 1 N–H and O–H groups in total. The molecule has 0 atom stereocenters. The van der Waals surface area contributed by atoms with Crippen LogP contribution in [0.5, 0.6) is 0 Å². The maximum Gasteiger partial charge on any atom is 0.274 e. The van der Waals surface area contributed by atoms with E-state index in [0.29, 0.717) is 12.4 Å². The minimum Gasteiger partial charge on any atom is -0.366 e. The largest absolute Gasteiger partial charge is 0.366 e. The number of nitrogens with zero attached hydrogens (tertiary/aromatic N) is 2. The van der Waals surface area contributed by atoms with Crippen molar-refractivity contribution in [2.24, 2.45) is 0 Å². The first-order valence-electron chi connectivity index (χ1n) is 5.55. The second-order valence-corrected chi connectivity index (χ2v) is 3.94. The van der Waals surface area contributed by atoms with Crippen LogP contribution in [0.1, 0.15) is 11.1 Å². The molecule has 1 heterocycles. The van der Waals surface area contributed by atoms with Crippen molar-refractivity contribution in [3.63, 3.8) is 0 Å². The predicted molar refractivity (Wildman–Crippen MR) is 69.4 cm³/mol. The van der Waals surface area contributed by atoms with E-state index in [1.807, 2.05) is 31.2 Å². The zero-order valence-corrected chi connectivity index (χ0v) is 9.96. The highest BCUT2D eigenvalue weighted by molar-refractivity contribution is 5.45. The van der Waals surface area contributed by atoms with Crippen LogP contribution in [0.25, 0.3) is 0 Å². The van der Waals surface area contributed by atoms with Crippen LogP contribution < -0.4 is 5.32 Å². The van der Waals surface area contributed by atoms with Gasteiger partial charge in [-0.1, -0.05) is 24.3 Å². The molecule has 2 aromatic rings. The summed E-state index contributed by atoms with van der Waals surface area (Å²) in [4.78, 5) is 14.3. The lowest BCUT2D eigenvalue weighted by molar-refractivity contribution is -0.384. The summed E-state index contributed by atoms with van der Waals surface area (Å²) in [6, 6.07) is 10.8. The highest BCUT2D eigenvalue weighted by Gasteiger charge is 2.06. The summed E-state index contributed by atoms with van der Waals surface area (Å²) < 4.78 is 0. The van der Waals surface area contributed by atoms with E-state index >= 15 is 0 Å². The third-order valence-electron chi connectivity index (χ3n) is 2.68. The molecule has 0 spiro atoms. The summed E-state index contributed by atoms with van der Waals surface area (Å²) in [7, 11) is 0. The van der Waals surface area contributed by atoms with E-state index in [1.54, 1.807) is 0 Å². The monoisotopic (exact) mass is 243 g/mol. The van der Waals surface area contributed by atoms with E-state index < -0.39 is 4.92 Å². The highest BCUT2D eigenvalue weighted by Crippen LogP contribution is 2.15. The Labute approximate surface area is 105 Å². The van der Waals surface area contributed by atoms with Crippen LogP contribution in [0.4, 0.5) is 11.5 Å². The van der Waals surface area contributed by atoms with Crippen molar-refractivity contribution in [3.05, 3.63) is 63.8 Å². The molecule has 5 nitrogen and oxygen atoms in total. The summed E-state index contributed by atoms with van der Waals surface area (Å²) in [5.41, 5.74) is 2.36. The molecule has 0 aliphatic carbocycles. The second-order valence-electron chi connectivity index (χ2n) is 3.94. The second kappa shape index (κ2) is 5.27. The Morgan fingerprint density at radius 3 is 2.83 bits per heavy atom. The molecule has 2 rings (SSSR count). The van der Waals surface area contributed by atoms with Gasteiger partial charge in [-0.05, 0) is 18.1 Å². The fourth-order valence-electron chi connectivity index (χ4n) is 1.62. The molecule has 1 aromatic heterocycles. The number of pyridine rings is 1. The molecular formula is C13H13N3O2. The SMILES string of the molecule is Cc1ccccc1CNc1cc([N+](=O)[O-])ccn1. The Balaban J connectivity index is 2.09. The van der Waals surface area contributed by atoms with Crippen LogP contribution in [0.15, 0.2) is 42.6 Å². The predicted octanol–water partition coefficient (Wildman–Crippen LogP) is 2.91. The van der Waals surface area contributed by atoms with E-state index in [1.165, 1.54) is 23.9 Å². The molecular weight excluding hydrogens is 230 g/mol. The molecule has 0 fully saturated rings. The van der Waals surface area contributed by atoms with Gasteiger partial charge in [0.1, 0.15) is 5.82 Å². The number of hydrogen-bond donors (Lipinski definition) is 1. The molecule has 18 heavy (non-hydrogen) atoms. The lowest BCUT2D eigenvalue weighted by Crippen LogP contribution is -2.03. The average Bonchev–Trinajstić information content (AvgIpc) is 2.38. The van der Waals surface area contributed by atoms with Gasteiger partial charge in [0.2, 0.25) is 0 Å². The van der Waals surface area contributed by atoms with Crippen LogP contribution in [0.3, 0.4) is 0 Å². The van der Waals surface area contributed by atoms with Crippen molar-refractivity contribution < 1.29 is 4.92 Å². The van der Waals surface area contributed by atoms with Gasteiger partial charge in [0.05, 0.1) is 11.0 Å². The zero-order chi connectivity index (χ0) is 13.0. The topological polar surface area (TPSA) is 68.1 Å². The third kappa shape index (κ3) is 2.82. The number of hydrogen-bond acceptors (Lipinski definition) is 4. The standard InChI is InChI=1S/C13H13N3O2/c1-10-4-2-3-5-11(10)9-15-13-8-12(16(17)18)6-7-14-13/h2-8H,9H2,1H3,(H,14,15). The van der Waals surface area contributed by atoms with Crippen molar-refractivity contribution >= 4 is 11.5 Å². The number of aryl methyl sites for hydroxylation is 1. The maximum atomic E-state index is 10.6. The highest BCUT2D eigenvalue weighted by atomic mass is 16.6. The van der Waals surface area contributed by atoms with Crippen LogP contribution in [-0.2, 0) is 6.54 Å². The first-order chi connectivity index (χ1) is 8.66. The first-order valence-corrected chi connectivity index (χ1v) is 5.55. The Bertz CT molecular complexity index is 570. The zero-order valence-electron chi connectivity index (χ0n) is 9.96. The molecule has 1 aromatic carbocycles. The van der Waals surface area contributed by atoms with Crippen LogP contribution in [0, 0.1) is 17.0 Å². The minimum absolute atomic E-state index is 0.0392. The number of nitrogens with one attached hydrogen (secondary N) is 1. The van der Waals surface area contributed by atoms with E-state index in [9.17, 15) is 10.1 Å². The van der Waals surface area contributed by atoms with Gasteiger partial charge in [-0.3, -0.25) is 10.1 Å². The number of aromatic nitrogens is 1. The van der Waals surface area contributed by atoms with E-state index in [2.05, 4.69) is 10.3 Å². The quantitative estimate of drug-likeness (QED) is 0.662. The fourth-order valence-corrected chi connectivity index (χ4v) is 1.62. The number of benzene rings is 1. The molecule has 0 saturated heterocycles. The summed E-state index contributed by atoms with van der Waals surface area (Å²) in [5, 5.41) is 13.7. The first kappa shape index (κ1) is 12.0. The Hall–Kier alpha value is -2.43. The molecule has 0 bridgehead atoms. The van der Waals surface area contributed by atoms with Crippen molar-refractivity contribution in [2.45, 2.75) is 13.5 Å². The minimum atomic E-state index is -0.430. The Morgan fingerprint density at radius 2 is 2.11 bits per heavy atom. The van der Waals surface area contributed by atoms with Crippen molar-refractivity contribution in [1.29, 1.82) is 0 Å². The molecule has 0 saturated carbocycles. The number of nitro groups is 1. The molecule has 0 unspecified atom stereocenters. The summed E-state index contributed by atoms with van der Waals surface area (Å²) >= 11 is 0.